The van der Waals surface area contributed by atoms with Crippen molar-refractivity contribution in [2.24, 2.45) is 0 Å². The molecule has 50 heavy (non-hydrogen) atoms. The van der Waals surface area contributed by atoms with Gasteiger partial charge in [-0.15, -0.1) is 0 Å². The molecule has 0 spiro atoms. The van der Waals surface area contributed by atoms with Gasteiger partial charge < -0.3 is 28.7 Å². The van der Waals surface area contributed by atoms with Crippen LogP contribution < -0.4 is 14.5 Å². The van der Waals surface area contributed by atoms with Gasteiger partial charge in [0.05, 0.1) is 53.7 Å². The summed E-state index contributed by atoms with van der Waals surface area (Å²) in [6, 6.07) is 4.05. The van der Waals surface area contributed by atoms with Crippen molar-refractivity contribution in [3.05, 3.63) is 35.3 Å². The van der Waals surface area contributed by atoms with Crippen molar-refractivity contribution < 1.29 is 37.0 Å². The summed E-state index contributed by atoms with van der Waals surface area (Å²) >= 11 is 0. The molecule has 0 saturated carbocycles. The summed E-state index contributed by atoms with van der Waals surface area (Å²) in [4.78, 5) is 41.2. The van der Waals surface area contributed by atoms with E-state index in [9.17, 15) is 18.0 Å². The molecular weight excluding hydrogens is 662 g/mol. The molecule has 3 fully saturated rings. The molecule has 0 N–H and O–H groups in total. The summed E-state index contributed by atoms with van der Waals surface area (Å²) in [7, 11) is -3.08. The van der Waals surface area contributed by atoms with Gasteiger partial charge in [0.2, 0.25) is 0 Å². The van der Waals surface area contributed by atoms with Gasteiger partial charge in [-0.25, -0.2) is 32.9 Å². The number of piperidine rings is 1. The largest absolute Gasteiger partial charge is 0.483 e. The topological polar surface area (TPSA) is 141 Å². The lowest BCUT2D eigenvalue weighted by Crippen LogP contribution is -2.57. The van der Waals surface area contributed by atoms with Crippen molar-refractivity contribution in [1.29, 1.82) is 0 Å². The number of ether oxygens (including phenoxy) is 4. The Kier molecular flexibility index (Phi) is 9.75. The van der Waals surface area contributed by atoms with Crippen molar-refractivity contribution in [2.45, 2.75) is 117 Å². The summed E-state index contributed by atoms with van der Waals surface area (Å²) in [6.45, 7) is 17.5. The fourth-order valence-corrected chi connectivity index (χ4v) is 8.55. The number of anilines is 3. The Bertz CT molecular complexity index is 1710. The van der Waals surface area contributed by atoms with Crippen molar-refractivity contribution in [3.63, 3.8) is 0 Å². The molecule has 2 aromatic rings. The lowest BCUT2D eigenvalue weighted by Gasteiger charge is -2.42. The molecule has 6 rings (SSSR count). The average Bonchev–Trinajstić information content (AvgIpc) is 3.11. The molecule has 2 amide bonds. The number of benzene rings is 1. The Morgan fingerprint density at radius 1 is 0.880 bits per heavy atom. The number of carbonyl (C=O) groups is 2. The van der Waals surface area contributed by atoms with E-state index in [4.69, 9.17) is 18.9 Å². The molecule has 4 aliphatic heterocycles. The molecule has 0 unspecified atom stereocenters. The average molecular weight is 714 g/mol. The van der Waals surface area contributed by atoms with Crippen LogP contribution in [0.3, 0.4) is 0 Å². The fourth-order valence-electron chi connectivity index (χ4n) is 7.06. The highest BCUT2D eigenvalue weighted by Crippen LogP contribution is 2.49. The number of fused-ring (bicyclic) bond motifs is 2. The van der Waals surface area contributed by atoms with Crippen LogP contribution in [-0.2, 0) is 24.0 Å². The van der Waals surface area contributed by atoms with Gasteiger partial charge in [-0.05, 0) is 98.8 Å². The molecule has 4 aliphatic rings. The van der Waals surface area contributed by atoms with E-state index in [1.54, 1.807) is 4.90 Å². The monoisotopic (exact) mass is 713 g/mol. The van der Waals surface area contributed by atoms with Crippen LogP contribution in [0.15, 0.2) is 18.5 Å². The van der Waals surface area contributed by atoms with E-state index < -0.39 is 33.2 Å². The highest BCUT2D eigenvalue weighted by molar-refractivity contribution is 7.91. The maximum atomic E-state index is 14.1. The standard InChI is InChI=1S/C36H51N5O8S/c1-22-17-25(39-13-9-26(10-14-39)47-27-19-40(20-27)33(42)48-35(3,4)5)18-28-31(22)46-23(2)29-30(24-11-15-50(44,45)16-12-24)37-21-38-32(29)41(28)34(43)49-36(6,7)8/h17-18,21,23-24,26-27H,9-16,19-20H2,1-8H3/t23-/m1/s1. The Morgan fingerprint density at radius 2 is 1.50 bits per heavy atom. The van der Waals surface area contributed by atoms with Gasteiger partial charge >= 0.3 is 12.2 Å². The summed E-state index contributed by atoms with van der Waals surface area (Å²) in [5.74, 6) is 1.02. The molecule has 0 radical (unpaired) electrons. The number of amides is 2. The van der Waals surface area contributed by atoms with E-state index in [0.717, 1.165) is 37.2 Å². The van der Waals surface area contributed by atoms with Crippen molar-refractivity contribution >= 4 is 39.2 Å². The molecule has 13 nitrogen and oxygen atoms in total. The first kappa shape index (κ1) is 36.2. The zero-order valence-electron chi connectivity index (χ0n) is 30.5. The Balaban J connectivity index is 1.24. The number of likely N-dealkylation sites (tertiary alicyclic amines) is 1. The Hall–Kier alpha value is -3.65. The molecular formula is C36H51N5O8S. The number of aryl methyl sites for hydroxylation is 1. The van der Waals surface area contributed by atoms with E-state index in [-0.39, 0.29) is 35.7 Å². The molecule has 5 heterocycles. The van der Waals surface area contributed by atoms with E-state index in [0.29, 0.717) is 54.4 Å². The first-order valence-electron chi connectivity index (χ1n) is 17.7. The normalized spacial score (nSPS) is 21.8. The summed E-state index contributed by atoms with van der Waals surface area (Å²) in [5.41, 5.74) is 2.41. The number of hydrogen-bond acceptors (Lipinski definition) is 11. The predicted octanol–water partition coefficient (Wildman–Crippen LogP) is 6.21. The maximum absolute atomic E-state index is 14.1. The predicted molar refractivity (Wildman–Crippen MR) is 189 cm³/mol. The second kappa shape index (κ2) is 13.5. The van der Waals surface area contributed by atoms with Gasteiger partial charge in [0.15, 0.2) is 5.82 Å². The summed E-state index contributed by atoms with van der Waals surface area (Å²) in [5, 5.41) is 0. The minimum absolute atomic E-state index is 0.000272. The van der Waals surface area contributed by atoms with E-state index in [1.807, 2.05) is 61.5 Å². The van der Waals surface area contributed by atoms with Gasteiger partial charge in [0.25, 0.3) is 0 Å². The van der Waals surface area contributed by atoms with E-state index >= 15 is 0 Å². The molecule has 14 heteroatoms. The molecule has 274 valence electrons. The van der Waals surface area contributed by atoms with Crippen LogP contribution in [0.1, 0.15) is 103 Å². The lowest BCUT2D eigenvalue weighted by molar-refractivity contribution is -0.0981. The van der Waals surface area contributed by atoms with Crippen LogP contribution in [0.5, 0.6) is 5.75 Å². The van der Waals surface area contributed by atoms with Gasteiger partial charge in [0.1, 0.15) is 39.2 Å². The van der Waals surface area contributed by atoms with E-state index in [1.165, 1.54) is 11.2 Å². The third-order valence-electron chi connectivity index (χ3n) is 9.50. The van der Waals surface area contributed by atoms with Gasteiger partial charge in [-0.2, -0.15) is 0 Å². The quantitative estimate of drug-likeness (QED) is 0.357. The lowest BCUT2D eigenvalue weighted by atomic mass is 9.92. The molecule has 1 aromatic heterocycles. The number of rotatable bonds is 4. The van der Waals surface area contributed by atoms with Gasteiger partial charge in [0, 0.05) is 24.7 Å². The first-order valence-corrected chi connectivity index (χ1v) is 19.5. The highest BCUT2D eigenvalue weighted by atomic mass is 32.2. The SMILES string of the molecule is Cc1cc(N2CCC(OC3CN(C(=O)OC(C)(C)C)C3)CC2)cc2c1O[C@H](C)c1c(C3CCS(=O)(=O)CC3)ncnc1N2C(=O)OC(C)(C)C. The van der Waals surface area contributed by atoms with Gasteiger partial charge in [-0.1, -0.05) is 0 Å². The van der Waals surface area contributed by atoms with Crippen LogP contribution in [0.25, 0.3) is 0 Å². The van der Waals surface area contributed by atoms with Crippen molar-refractivity contribution in [2.75, 3.05) is 47.5 Å². The van der Waals surface area contributed by atoms with Crippen LogP contribution in [0, 0.1) is 6.92 Å². The van der Waals surface area contributed by atoms with Crippen LogP contribution in [-0.4, -0.2) is 96.6 Å². The van der Waals surface area contributed by atoms with Crippen molar-refractivity contribution in [3.8, 4) is 5.75 Å². The number of hydrogen-bond donors (Lipinski definition) is 0. The third kappa shape index (κ3) is 7.96. The van der Waals surface area contributed by atoms with Crippen molar-refractivity contribution in [1.82, 2.24) is 14.9 Å². The fraction of sp³-hybridized carbons (Fsp3) is 0.667. The third-order valence-corrected chi connectivity index (χ3v) is 11.2. The Labute approximate surface area is 295 Å². The molecule has 0 bridgehead atoms. The van der Waals surface area contributed by atoms with Gasteiger partial charge in [-0.3, -0.25) is 0 Å². The summed E-state index contributed by atoms with van der Waals surface area (Å²) < 4.78 is 48.9. The summed E-state index contributed by atoms with van der Waals surface area (Å²) in [6.07, 6.45) is 2.66. The van der Waals surface area contributed by atoms with Crippen LogP contribution in [0.4, 0.5) is 26.8 Å². The molecule has 1 aromatic carbocycles. The number of nitrogens with zero attached hydrogens (tertiary/aromatic N) is 5. The number of aromatic nitrogens is 2. The van der Waals surface area contributed by atoms with Crippen LogP contribution in [0.2, 0.25) is 0 Å². The minimum atomic E-state index is -3.08. The molecule has 0 aliphatic carbocycles. The molecule has 1 atom stereocenters. The van der Waals surface area contributed by atoms with Crippen LogP contribution >= 0.6 is 0 Å². The zero-order chi connectivity index (χ0) is 36.2. The molecule has 3 saturated heterocycles. The van der Waals surface area contributed by atoms with E-state index in [2.05, 4.69) is 20.9 Å². The smallest absolute Gasteiger partial charge is 0.420 e. The first-order chi connectivity index (χ1) is 23.4. The second-order valence-corrected chi connectivity index (χ2v) is 18.2. The second-order valence-electron chi connectivity index (χ2n) is 15.9. The minimum Gasteiger partial charge on any atom is -0.483 e. The zero-order valence-corrected chi connectivity index (χ0v) is 31.3. The Morgan fingerprint density at radius 3 is 2.12 bits per heavy atom. The maximum Gasteiger partial charge on any atom is 0.420 e. The number of sulfone groups is 1. The number of carbonyl (C=O) groups excluding carboxylic acids is 2. The highest BCUT2D eigenvalue weighted by Gasteiger charge is 2.40.